The predicted molar refractivity (Wildman–Crippen MR) is 100 cm³/mol. The maximum atomic E-state index is 13.1. The highest BCUT2D eigenvalue weighted by atomic mass is 16.5. The molecule has 2 fully saturated rings. The van der Waals surface area contributed by atoms with E-state index in [1.54, 1.807) is 12.1 Å². The molecular weight excluding hydrogens is 328 g/mol. The third-order valence-electron chi connectivity index (χ3n) is 5.25. The summed E-state index contributed by atoms with van der Waals surface area (Å²) in [4.78, 5) is 17.4. The van der Waals surface area contributed by atoms with Crippen molar-refractivity contribution in [2.45, 2.75) is 6.04 Å². The second-order valence-electron chi connectivity index (χ2n) is 7.36. The normalized spacial score (nSPS) is 23.5. The van der Waals surface area contributed by atoms with Gasteiger partial charge in [-0.25, -0.2) is 0 Å². The second kappa shape index (κ2) is 7.09. The van der Waals surface area contributed by atoms with E-state index in [1.165, 1.54) is 0 Å². The van der Waals surface area contributed by atoms with Crippen LogP contribution in [-0.2, 0) is 4.74 Å². The zero-order chi connectivity index (χ0) is 18.1. The molecule has 2 heterocycles. The van der Waals surface area contributed by atoms with Gasteiger partial charge in [0.1, 0.15) is 5.75 Å². The molecule has 2 aliphatic rings. The molecule has 2 aromatic rings. The van der Waals surface area contributed by atoms with E-state index >= 15 is 0 Å². The number of hydrogen-bond donors (Lipinski definition) is 1. The van der Waals surface area contributed by atoms with E-state index in [-0.39, 0.29) is 17.7 Å². The Morgan fingerprint density at radius 2 is 1.62 bits per heavy atom. The average molecular weight is 352 g/mol. The molecule has 2 aliphatic heterocycles. The van der Waals surface area contributed by atoms with Crippen LogP contribution in [-0.4, -0.2) is 66.8 Å². The molecule has 2 saturated heterocycles. The fourth-order valence-corrected chi connectivity index (χ4v) is 3.95. The molecular formula is C21H24N2O3. The van der Waals surface area contributed by atoms with Gasteiger partial charge in [-0.1, -0.05) is 24.3 Å². The van der Waals surface area contributed by atoms with E-state index < -0.39 is 0 Å². The third kappa shape index (κ3) is 3.45. The molecule has 0 saturated carbocycles. The van der Waals surface area contributed by atoms with Gasteiger partial charge in [0.25, 0.3) is 5.91 Å². The van der Waals surface area contributed by atoms with Crippen molar-refractivity contribution < 1.29 is 14.6 Å². The van der Waals surface area contributed by atoms with Crippen LogP contribution >= 0.6 is 0 Å². The Morgan fingerprint density at radius 1 is 0.962 bits per heavy atom. The Labute approximate surface area is 153 Å². The van der Waals surface area contributed by atoms with Gasteiger partial charge in [0.05, 0.1) is 19.3 Å². The molecule has 0 radical (unpaired) electrons. The van der Waals surface area contributed by atoms with E-state index in [9.17, 15) is 9.90 Å². The van der Waals surface area contributed by atoms with Gasteiger partial charge in [0.2, 0.25) is 0 Å². The summed E-state index contributed by atoms with van der Waals surface area (Å²) in [5, 5.41) is 9.42. The zero-order valence-corrected chi connectivity index (χ0v) is 15.0. The SMILES string of the molecule is CN1C[C@@H]2COC[C@H](C1)N(C(=O)c1ccc(-c3ccc(O)cc3)cc1)C2. The number of phenolic OH excluding ortho intramolecular Hbond substituents is 1. The Bertz CT molecular complexity index is 773. The number of amides is 1. The highest BCUT2D eigenvalue weighted by Gasteiger charge is 2.35. The molecule has 0 unspecified atom stereocenters. The lowest BCUT2D eigenvalue weighted by Gasteiger charge is -2.29. The summed E-state index contributed by atoms with van der Waals surface area (Å²) in [6.45, 7) is 3.92. The third-order valence-corrected chi connectivity index (χ3v) is 5.25. The van der Waals surface area contributed by atoms with Crippen molar-refractivity contribution in [1.29, 1.82) is 0 Å². The van der Waals surface area contributed by atoms with Crippen LogP contribution in [0, 0.1) is 5.92 Å². The summed E-state index contributed by atoms with van der Waals surface area (Å²) in [7, 11) is 2.12. The Balaban J connectivity index is 1.55. The lowest BCUT2D eigenvalue weighted by atomic mass is 10.0. The van der Waals surface area contributed by atoms with Crippen LogP contribution in [0.2, 0.25) is 0 Å². The number of likely N-dealkylation sites (N-methyl/N-ethyl adjacent to an activating group) is 1. The predicted octanol–water partition coefficient (Wildman–Crippen LogP) is 2.46. The van der Waals surface area contributed by atoms with Crippen LogP contribution in [0.15, 0.2) is 48.5 Å². The first-order valence-corrected chi connectivity index (χ1v) is 9.07. The summed E-state index contributed by atoms with van der Waals surface area (Å²) in [5.74, 6) is 0.700. The maximum Gasteiger partial charge on any atom is 0.254 e. The van der Waals surface area contributed by atoms with Gasteiger partial charge in [0, 0.05) is 31.1 Å². The molecule has 0 spiro atoms. The van der Waals surface area contributed by atoms with Crippen LogP contribution in [0.5, 0.6) is 5.75 Å². The Kier molecular flexibility index (Phi) is 4.66. The fraction of sp³-hybridized carbons (Fsp3) is 0.381. The van der Waals surface area contributed by atoms with Gasteiger partial charge in [-0.2, -0.15) is 0 Å². The van der Waals surface area contributed by atoms with Crippen molar-refractivity contribution in [3.05, 3.63) is 54.1 Å². The highest BCUT2D eigenvalue weighted by molar-refractivity contribution is 5.95. The number of carbonyl (C=O) groups is 1. The van der Waals surface area contributed by atoms with E-state index in [0.29, 0.717) is 18.1 Å². The number of nitrogens with zero attached hydrogens (tertiary/aromatic N) is 2. The van der Waals surface area contributed by atoms with Gasteiger partial charge in [-0.3, -0.25) is 4.79 Å². The first kappa shape index (κ1) is 17.1. The molecule has 2 atom stereocenters. The molecule has 1 amide bonds. The molecule has 2 bridgehead atoms. The van der Waals surface area contributed by atoms with Crippen LogP contribution in [0.4, 0.5) is 0 Å². The van der Waals surface area contributed by atoms with Gasteiger partial charge in [-0.15, -0.1) is 0 Å². The standard InChI is InChI=1S/C21H24N2O3/c1-22-10-15-11-23(19(12-22)14-26-13-15)21(25)18-4-2-16(3-5-18)17-6-8-20(24)9-7-17/h2-9,15,19,24H,10-14H2,1H3/t15-,19-/m0/s1. The van der Waals surface area contributed by atoms with Crippen LogP contribution in [0.3, 0.4) is 0 Å². The average Bonchev–Trinajstić information content (AvgIpc) is 2.92. The number of hydrogen-bond acceptors (Lipinski definition) is 4. The summed E-state index contributed by atoms with van der Waals surface area (Å²) >= 11 is 0. The van der Waals surface area contributed by atoms with Gasteiger partial charge in [0.15, 0.2) is 0 Å². The molecule has 5 nitrogen and oxygen atoms in total. The lowest BCUT2D eigenvalue weighted by molar-refractivity contribution is 0.0483. The number of ether oxygens (including phenoxy) is 1. The minimum absolute atomic E-state index is 0.0815. The number of benzene rings is 2. The molecule has 5 heteroatoms. The molecule has 0 aromatic heterocycles. The summed E-state index contributed by atoms with van der Waals surface area (Å²) in [5.41, 5.74) is 2.75. The van der Waals surface area contributed by atoms with Gasteiger partial charge in [-0.05, 0) is 42.4 Å². The van der Waals surface area contributed by atoms with Crippen molar-refractivity contribution in [3.8, 4) is 16.9 Å². The number of fused-ring (bicyclic) bond motifs is 3. The molecule has 0 aliphatic carbocycles. The number of phenols is 1. The Morgan fingerprint density at radius 3 is 2.31 bits per heavy atom. The minimum atomic E-state index is 0.0815. The summed E-state index contributed by atoms with van der Waals surface area (Å²) in [6.07, 6.45) is 0. The van der Waals surface area contributed by atoms with Gasteiger partial charge < -0.3 is 19.6 Å². The first-order chi connectivity index (χ1) is 12.6. The molecule has 4 rings (SSSR count). The molecule has 2 aromatic carbocycles. The van der Waals surface area contributed by atoms with Crippen LogP contribution in [0.25, 0.3) is 11.1 Å². The maximum absolute atomic E-state index is 13.1. The van der Waals surface area contributed by atoms with Crippen molar-refractivity contribution in [2.24, 2.45) is 5.92 Å². The van der Waals surface area contributed by atoms with E-state index in [2.05, 4.69) is 11.9 Å². The highest BCUT2D eigenvalue weighted by Crippen LogP contribution is 2.24. The lowest BCUT2D eigenvalue weighted by Crippen LogP contribution is -2.45. The molecule has 1 N–H and O–H groups in total. The van der Waals surface area contributed by atoms with Gasteiger partial charge >= 0.3 is 0 Å². The van der Waals surface area contributed by atoms with Crippen molar-refractivity contribution in [2.75, 3.05) is 39.9 Å². The van der Waals surface area contributed by atoms with E-state index in [0.717, 1.165) is 37.4 Å². The number of rotatable bonds is 2. The zero-order valence-electron chi connectivity index (χ0n) is 15.0. The van der Waals surface area contributed by atoms with Crippen LogP contribution in [0.1, 0.15) is 10.4 Å². The number of aromatic hydroxyl groups is 1. The van der Waals surface area contributed by atoms with E-state index in [1.807, 2.05) is 41.3 Å². The second-order valence-corrected chi connectivity index (χ2v) is 7.36. The fourth-order valence-electron chi connectivity index (χ4n) is 3.95. The summed E-state index contributed by atoms with van der Waals surface area (Å²) < 4.78 is 5.77. The van der Waals surface area contributed by atoms with E-state index in [4.69, 9.17) is 4.74 Å². The van der Waals surface area contributed by atoms with Crippen molar-refractivity contribution in [3.63, 3.8) is 0 Å². The quantitative estimate of drug-likeness (QED) is 0.902. The molecule has 136 valence electrons. The topological polar surface area (TPSA) is 53.0 Å². The minimum Gasteiger partial charge on any atom is -0.508 e. The van der Waals surface area contributed by atoms with Crippen LogP contribution < -0.4 is 0 Å². The Hall–Kier alpha value is -2.37. The van der Waals surface area contributed by atoms with Crippen molar-refractivity contribution >= 4 is 5.91 Å². The first-order valence-electron chi connectivity index (χ1n) is 9.07. The number of carbonyl (C=O) groups excluding carboxylic acids is 1. The summed E-state index contributed by atoms with van der Waals surface area (Å²) in [6, 6.07) is 14.9. The molecule has 26 heavy (non-hydrogen) atoms. The van der Waals surface area contributed by atoms with Crippen molar-refractivity contribution in [1.82, 2.24) is 9.80 Å². The smallest absolute Gasteiger partial charge is 0.254 e. The monoisotopic (exact) mass is 352 g/mol. The largest absolute Gasteiger partial charge is 0.508 e.